The lowest BCUT2D eigenvalue weighted by molar-refractivity contribution is -0.0592. The Morgan fingerprint density at radius 3 is 2.34 bits per heavy atom. The highest BCUT2D eigenvalue weighted by Gasteiger charge is 2.60. The fourth-order valence-electron chi connectivity index (χ4n) is 11.8. The van der Waals surface area contributed by atoms with Crippen LogP contribution in [-0.4, -0.2) is 72.5 Å². The second kappa shape index (κ2) is 14.3. The molecule has 2 unspecified atom stereocenters. The molecule has 0 radical (unpaired) electrons. The highest BCUT2D eigenvalue weighted by molar-refractivity contribution is 6.00. The quantitative estimate of drug-likeness (QED) is 0.168. The van der Waals surface area contributed by atoms with Crippen LogP contribution in [0.2, 0.25) is 0 Å². The van der Waals surface area contributed by atoms with Gasteiger partial charge in [0.1, 0.15) is 22.9 Å². The molecule has 0 bridgehead atoms. The fraction of sp³-hybridized carbons (Fsp3) is 0.400. The van der Waals surface area contributed by atoms with Crippen molar-refractivity contribution >= 4 is 27.7 Å². The average molecular weight is 909 g/mol. The van der Waals surface area contributed by atoms with Crippen LogP contribution in [0, 0.1) is 31.4 Å². The summed E-state index contributed by atoms with van der Waals surface area (Å²) in [4.78, 5) is 48.0. The van der Waals surface area contributed by atoms with E-state index in [1.54, 1.807) is 60.7 Å². The van der Waals surface area contributed by atoms with Crippen molar-refractivity contribution in [2.24, 2.45) is 13.0 Å². The molecule has 0 spiro atoms. The molecule has 3 fully saturated rings. The number of carbonyl (C=O) groups excluding carboxylic acids is 1. The smallest absolute Gasteiger partial charge is 0.376 e. The summed E-state index contributed by atoms with van der Waals surface area (Å²) in [5.41, 5.74) is 4.17. The third-order valence-corrected chi connectivity index (χ3v) is 15.5. The van der Waals surface area contributed by atoms with Crippen molar-refractivity contribution in [1.82, 2.24) is 48.3 Å². The summed E-state index contributed by atoms with van der Waals surface area (Å²) >= 11 is 0. The Bertz CT molecular complexity index is 3490. The van der Waals surface area contributed by atoms with Crippen LogP contribution in [-0.2, 0) is 17.3 Å². The number of carbonyl (C=O) groups is 1. The zero-order valence-corrected chi connectivity index (χ0v) is 38.3. The number of nitrogens with one attached hydrogen (secondary N) is 1. The van der Waals surface area contributed by atoms with Gasteiger partial charge in [-0.3, -0.25) is 28.1 Å². The number of fused-ring (bicyclic) bond motifs is 5. The second-order valence-electron chi connectivity index (χ2n) is 19.9. The molecule has 15 nitrogen and oxygen atoms in total. The Morgan fingerprint density at radius 2 is 1.66 bits per heavy atom. The van der Waals surface area contributed by atoms with Gasteiger partial charge in [0, 0.05) is 54.5 Å². The van der Waals surface area contributed by atoms with Crippen LogP contribution in [0.3, 0.4) is 0 Å². The number of nitrogens with zero attached hydrogens (tertiary/aromatic N) is 9. The number of H-pyrrole nitrogens is 1. The SMILES string of the molecule is Cc1cc(-n2nc3c(c2-n2ccn(-c4ccc5c(cnn5C)c4F)c2=O)[C@H](C)N(C(=O)c2cc4cc([C@H]5CCOC(C)(C)C5)ccc4n2[C@@]2(c4noc(=O)[nH]4)C[C@@H]2C)C2CCC32)cc(C)c1F. The van der Waals surface area contributed by atoms with Crippen molar-refractivity contribution in [3.8, 4) is 17.2 Å². The number of hydrogen-bond donors (Lipinski definition) is 1. The number of ether oxygens (including phenoxy) is 1. The molecule has 7 heterocycles. The van der Waals surface area contributed by atoms with Crippen LogP contribution in [0.4, 0.5) is 8.78 Å². The first-order chi connectivity index (χ1) is 32.1. The number of benzene rings is 3. The molecule has 67 heavy (non-hydrogen) atoms. The number of aromatic amines is 1. The summed E-state index contributed by atoms with van der Waals surface area (Å²) in [6, 6.07) is 14.2. The average Bonchev–Trinajstić information content (AvgIpc) is 3.91. The van der Waals surface area contributed by atoms with Crippen LogP contribution in [0.1, 0.15) is 122 Å². The Kier molecular flexibility index (Phi) is 8.87. The molecule has 1 N–H and O–H groups in total. The standard InChI is InChI=1S/C50H50F2N10O5/c1-25-18-32(19-26(2)41(25)51)62-44(59-16-15-58(48(59)65)38-13-12-36-34(42(38)52)24-53-57(36)7)40-28(4)60(37-11-9-33(37)43(40)55-62)45(63)39-21-31-20-29(30-14-17-66-49(5,6)23-30)8-10-35(31)61(39)50(22-27(50)3)46-54-47(64)67-56-46/h8,10,12-13,15-16,18-21,24,27-28,30,33,37H,9,11,14,17,22-23H2,1-7H3,(H,54,56,64)/t27-,28-,30-,33?,37?,50-/m0/s1. The number of aryl methyl sites for hydroxylation is 3. The molecule has 2 aliphatic carbocycles. The van der Waals surface area contributed by atoms with E-state index in [0.29, 0.717) is 58.3 Å². The first kappa shape index (κ1) is 41.5. The predicted octanol–water partition coefficient (Wildman–Crippen LogP) is 8.15. The number of aromatic nitrogens is 9. The van der Waals surface area contributed by atoms with Gasteiger partial charge in [-0.15, -0.1) is 0 Å². The van der Waals surface area contributed by atoms with Crippen molar-refractivity contribution in [2.75, 3.05) is 6.61 Å². The predicted molar refractivity (Wildman–Crippen MR) is 244 cm³/mol. The van der Waals surface area contributed by atoms with Crippen molar-refractivity contribution < 1.29 is 22.8 Å². The molecular formula is C50H50F2N10O5. The second-order valence-corrected chi connectivity index (χ2v) is 19.9. The lowest BCUT2D eigenvalue weighted by atomic mass is 9.71. The van der Waals surface area contributed by atoms with Gasteiger partial charge in [0.2, 0.25) is 0 Å². The van der Waals surface area contributed by atoms with Gasteiger partial charge >= 0.3 is 11.4 Å². The topological polar surface area (TPSA) is 156 Å². The van der Waals surface area contributed by atoms with E-state index in [1.165, 1.54) is 27.1 Å². The first-order valence-electron chi connectivity index (χ1n) is 23.1. The number of hydrogen-bond acceptors (Lipinski definition) is 8. The summed E-state index contributed by atoms with van der Waals surface area (Å²) in [6.07, 6.45) is 8.37. The van der Waals surface area contributed by atoms with Gasteiger partial charge in [0.05, 0.1) is 45.8 Å². The zero-order chi connectivity index (χ0) is 46.6. The number of imidazole rings is 1. The van der Waals surface area contributed by atoms with Crippen LogP contribution < -0.4 is 11.4 Å². The third kappa shape index (κ3) is 5.95. The van der Waals surface area contributed by atoms with Gasteiger partial charge in [-0.25, -0.2) is 23.1 Å². The van der Waals surface area contributed by atoms with E-state index in [0.717, 1.165) is 42.3 Å². The highest BCUT2D eigenvalue weighted by Crippen LogP contribution is 2.57. The van der Waals surface area contributed by atoms with E-state index in [1.807, 2.05) is 17.9 Å². The van der Waals surface area contributed by atoms with E-state index < -0.39 is 28.8 Å². The van der Waals surface area contributed by atoms with Gasteiger partial charge in [-0.1, -0.05) is 18.1 Å². The Balaban J connectivity index is 1.03. The van der Waals surface area contributed by atoms with Crippen LogP contribution in [0.5, 0.6) is 0 Å². The van der Waals surface area contributed by atoms with E-state index in [-0.39, 0.29) is 52.2 Å². The van der Waals surface area contributed by atoms with Crippen molar-refractivity contribution in [3.05, 3.63) is 139 Å². The largest absolute Gasteiger partial charge is 0.438 e. The molecular weight excluding hydrogens is 859 g/mol. The molecule has 344 valence electrons. The molecule has 6 atom stereocenters. The molecule has 1 amide bonds. The normalized spacial score (nSPS) is 24.3. The molecule has 8 aromatic rings. The molecule has 4 aliphatic rings. The summed E-state index contributed by atoms with van der Waals surface area (Å²) < 4.78 is 50.6. The maximum Gasteiger partial charge on any atom is 0.438 e. The molecule has 3 aromatic carbocycles. The minimum atomic E-state index is -0.858. The summed E-state index contributed by atoms with van der Waals surface area (Å²) in [5.74, 6) is -0.994. The van der Waals surface area contributed by atoms with Crippen molar-refractivity contribution in [3.63, 3.8) is 0 Å². The van der Waals surface area contributed by atoms with E-state index in [4.69, 9.17) is 14.4 Å². The first-order valence-corrected chi connectivity index (χ1v) is 23.1. The molecule has 5 aromatic heterocycles. The molecule has 17 heteroatoms. The molecule has 2 saturated carbocycles. The van der Waals surface area contributed by atoms with Crippen LogP contribution in [0.15, 0.2) is 81.2 Å². The lowest BCUT2D eigenvalue weighted by Gasteiger charge is -2.50. The number of amides is 1. The van der Waals surface area contributed by atoms with Gasteiger partial charge in [0.25, 0.3) is 5.91 Å². The summed E-state index contributed by atoms with van der Waals surface area (Å²) in [6.45, 7) is 12.3. The van der Waals surface area contributed by atoms with Gasteiger partial charge in [0.15, 0.2) is 11.6 Å². The Labute approximate surface area is 382 Å². The maximum absolute atomic E-state index is 16.2. The van der Waals surface area contributed by atoms with E-state index >= 15 is 13.6 Å². The molecule has 1 saturated heterocycles. The minimum absolute atomic E-state index is 0.000254. The number of halogens is 2. The maximum atomic E-state index is 16.2. The van der Waals surface area contributed by atoms with Crippen LogP contribution in [0.25, 0.3) is 39.0 Å². The lowest BCUT2D eigenvalue weighted by Crippen LogP contribution is -2.54. The fourth-order valence-corrected chi connectivity index (χ4v) is 11.8. The highest BCUT2D eigenvalue weighted by atomic mass is 19.1. The summed E-state index contributed by atoms with van der Waals surface area (Å²) in [7, 11) is 1.72. The van der Waals surface area contributed by atoms with E-state index in [2.05, 4.69) is 58.8 Å². The zero-order valence-electron chi connectivity index (χ0n) is 38.3. The third-order valence-electron chi connectivity index (χ3n) is 15.5. The van der Waals surface area contributed by atoms with Gasteiger partial charge in [-0.05, 0) is 138 Å². The van der Waals surface area contributed by atoms with Crippen LogP contribution >= 0.6 is 0 Å². The van der Waals surface area contributed by atoms with Crippen molar-refractivity contribution in [1.29, 1.82) is 0 Å². The minimum Gasteiger partial charge on any atom is -0.376 e. The monoisotopic (exact) mass is 908 g/mol. The van der Waals surface area contributed by atoms with E-state index in [9.17, 15) is 9.59 Å². The Morgan fingerprint density at radius 1 is 0.910 bits per heavy atom. The van der Waals surface area contributed by atoms with Gasteiger partial charge in [-0.2, -0.15) is 10.2 Å². The van der Waals surface area contributed by atoms with Crippen molar-refractivity contribution in [2.45, 2.75) is 109 Å². The van der Waals surface area contributed by atoms with Gasteiger partial charge < -0.3 is 14.2 Å². The molecule has 12 rings (SSSR count). The Hall–Kier alpha value is -6.88. The molecule has 2 aliphatic heterocycles. The number of rotatable bonds is 7. The summed E-state index contributed by atoms with van der Waals surface area (Å²) in [5, 5.41) is 14.8.